The number of benzene rings is 1. The molecule has 1 saturated heterocycles. The molecule has 3 aromatic rings. The van der Waals surface area contributed by atoms with Gasteiger partial charge in [-0.2, -0.15) is 0 Å². The third kappa shape index (κ3) is 4.47. The highest BCUT2D eigenvalue weighted by molar-refractivity contribution is 6.07. The van der Waals surface area contributed by atoms with Crippen molar-refractivity contribution in [2.24, 2.45) is 16.8 Å². The number of hydrogen-bond donors (Lipinski definition) is 3. The van der Waals surface area contributed by atoms with Crippen molar-refractivity contribution in [2.75, 3.05) is 19.0 Å². The van der Waals surface area contributed by atoms with E-state index >= 15 is 0 Å². The maximum absolute atomic E-state index is 13.2. The molecule has 1 aromatic carbocycles. The van der Waals surface area contributed by atoms with E-state index in [1.807, 2.05) is 25.1 Å². The number of allylic oxidation sites excluding steroid dienone is 1. The fraction of sp³-hybridized carbons (Fsp3) is 0.345. The van der Waals surface area contributed by atoms with E-state index in [9.17, 15) is 14.4 Å². The number of nitrogens with zero attached hydrogens (tertiary/aromatic N) is 3. The maximum Gasteiger partial charge on any atom is 0.322 e. The van der Waals surface area contributed by atoms with E-state index < -0.39 is 17.5 Å². The zero-order chi connectivity index (χ0) is 28.0. The normalized spacial score (nSPS) is 24.0. The Balaban J connectivity index is 1.26. The molecule has 6 rings (SSSR count). The van der Waals surface area contributed by atoms with Gasteiger partial charge in [0, 0.05) is 43.3 Å². The van der Waals surface area contributed by atoms with E-state index in [2.05, 4.69) is 32.9 Å². The first-order chi connectivity index (χ1) is 19.3. The van der Waals surface area contributed by atoms with Gasteiger partial charge in [-0.3, -0.25) is 14.9 Å². The number of hydrogen-bond acceptors (Lipinski definition) is 7. The molecule has 1 saturated carbocycles. The minimum absolute atomic E-state index is 0.117. The van der Waals surface area contributed by atoms with Gasteiger partial charge in [0.2, 0.25) is 0 Å². The number of nitrogens with one attached hydrogen (secondary N) is 3. The van der Waals surface area contributed by atoms with Crippen LogP contribution in [0.2, 0.25) is 0 Å². The second kappa shape index (κ2) is 9.82. The highest BCUT2D eigenvalue weighted by Crippen LogP contribution is 2.39. The zero-order valence-electron chi connectivity index (χ0n) is 22.5. The summed E-state index contributed by atoms with van der Waals surface area (Å²) in [5.41, 5.74) is 0.960. The Labute approximate surface area is 230 Å². The average Bonchev–Trinajstić information content (AvgIpc) is 3.25. The van der Waals surface area contributed by atoms with Crippen LogP contribution in [-0.2, 0) is 16.9 Å². The Kier molecular flexibility index (Phi) is 6.28. The molecule has 3 aliphatic rings. The van der Waals surface area contributed by atoms with E-state index in [4.69, 9.17) is 9.15 Å². The number of amides is 4. The number of aromatic nitrogens is 1. The number of carbonyl (C=O) groups is 3. The molecule has 2 fully saturated rings. The predicted octanol–water partition coefficient (Wildman–Crippen LogP) is 3.92. The van der Waals surface area contributed by atoms with Gasteiger partial charge in [0.25, 0.3) is 11.8 Å². The Hall–Kier alpha value is -4.67. The smallest absolute Gasteiger partial charge is 0.322 e. The second-order valence-electron chi connectivity index (χ2n) is 10.4. The van der Waals surface area contributed by atoms with Crippen LogP contribution < -0.4 is 20.7 Å². The number of amidine groups is 1. The summed E-state index contributed by atoms with van der Waals surface area (Å²) >= 11 is 0. The summed E-state index contributed by atoms with van der Waals surface area (Å²) in [4.78, 5) is 49.4. The third-order valence-electron chi connectivity index (χ3n) is 7.77. The van der Waals surface area contributed by atoms with Crippen LogP contribution in [0.25, 0.3) is 11.1 Å². The lowest BCUT2D eigenvalue weighted by Gasteiger charge is -2.26. The first-order valence-corrected chi connectivity index (χ1v) is 13.3. The predicted molar refractivity (Wildman–Crippen MR) is 148 cm³/mol. The molecule has 0 radical (unpaired) electrons. The summed E-state index contributed by atoms with van der Waals surface area (Å²) in [5, 5.41) is 8.41. The minimum atomic E-state index is -1.49. The van der Waals surface area contributed by atoms with Gasteiger partial charge in [0.1, 0.15) is 28.7 Å². The first kappa shape index (κ1) is 25.6. The molecule has 4 amide bonds. The molecule has 40 heavy (non-hydrogen) atoms. The molecule has 11 heteroatoms. The van der Waals surface area contributed by atoms with Crippen LogP contribution >= 0.6 is 0 Å². The van der Waals surface area contributed by atoms with E-state index in [0.29, 0.717) is 46.6 Å². The van der Waals surface area contributed by atoms with Crippen LogP contribution in [0.4, 0.5) is 10.6 Å². The van der Waals surface area contributed by atoms with Crippen molar-refractivity contribution >= 4 is 40.6 Å². The lowest BCUT2D eigenvalue weighted by atomic mass is 9.92. The molecule has 3 unspecified atom stereocenters. The number of imide groups is 1. The molecule has 0 spiro atoms. The Morgan fingerprint density at radius 2 is 2.10 bits per heavy atom. The standard InChI is InChI=1S/C29H30N6O5/c1-4-10-30-25(19-12-16(19)2)32-24-8-7-22-21(31-24)14-23(40-22)29(27(37)33-28(38)34-29)9-11-35-15-17-5-6-18(39-3)13-20(17)26(35)36/h4-8,10,13-14,16,19H,9,11-12,15H2,1-3H3,(H,30,31,32)(H2,33,34,37,38). The molecule has 3 atom stereocenters. The molecular formula is C29H30N6O5. The first-order valence-electron chi connectivity index (χ1n) is 13.3. The average molecular weight is 543 g/mol. The fourth-order valence-electron chi connectivity index (χ4n) is 5.33. The number of anilines is 1. The van der Waals surface area contributed by atoms with Crippen molar-refractivity contribution in [1.82, 2.24) is 20.5 Å². The van der Waals surface area contributed by atoms with Gasteiger partial charge in [-0.15, -0.1) is 0 Å². The molecule has 11 nitrogen and oxygen atoms in total. The molecule has 4 heterocycles. The summed E-state index contributed by atoms with van der Waals surface area (Å²) in [6.07, 6.45) is 4.81. The third-order valence-corrected chi connectivity index (χ3v) is 7.77. The molecule has 0 bridgehead atoms. The highest BCUT2D eigenvalue weighted by atomic mass is 16.5. The van der Waals surface area contributed by atoms with Crippen LogP contribution in [0.5, 0.6) is 5.75 Å². The largest absolute Gasteiger partial charge is 0.497 e. The Morgan fingerprint density at radius 3 is 2.80 bits per heavy atom. The molecule has 3 N–H and O–H groups in total. The van der Waals surface area contributed by atoms with Gasteiger partial charge in [-0.25, -0.2) is 14.8 Å². The lowest BCUT2D eigenvalue weighted by Crippen LogP contribution is -2.46. The van der Waals surface area contributed by atoms with Crippen molar-refractivity contribution in [3.63, 3.8) is 0 Å². The molecule has 1 aliphatic carbocycles. The zero-order valence-corrected chi connectivity index (χ0v) is 22.5. The SMILES string of the molecule is CC=CN=C(Nc1ccc2oc(C3(CCN4Cc5ccc(OC)cc5C4=O)NC(=O)NC3=O)cc2n1)C1CC1C. The van der Waals surface area contributed by atoms with Gasteiger partial charge in [-0.05, 0) is 49.1 Å². The number of aliphatic imine (C=N–C) groups is 1. The summed E-state index contributed by atoms with van der Waals surface area (Å²) in [6, 6.07) is 10.0. The van der Waals surface area contributed by atoms with Crippen molar-refractivity contribution in [1.29, 1.82) is 0 Å². The number of rotatable bonds is 8. The quantitative estimate of drug-likeness (QED) is 0.223. The Morgan fingerprint density at radius 1 is 1.27 bits per heavy atom. The van der Waals surface area contributed by atoms with Gasteiger partial charge in [-0.1, -0.05) is 19.1 Å². The van der Waals surface area contributed by atoms with Crippen LogP contribution in [0, 0.1) is 11.8 Å². The summed E-state index contributed by atoms with van der Waals surface area (Å²) in [6.45, 7) is 4.71. The van der Waals surface area contributed by atoms with Gasteiger partial charge in [0.05, 0.1) is 7.11 Å². The summed E-state index contributed by atoms with van der Waals surface area (Å²) < 4.78 is 11.3. The Bertz CT molecular complexity index is 1590. The number of methoxy groups -OCH3 is 1. The van der Waals surface area contributed by atoms with E-state index in [1.54, 1.807) is 42.5 Å². The summed E-state index contributed by atoms with van der Waals surface area (Å²) in [5.74, 6) is 2.53. The molecule has 2 aromatic heterocycles. The fourth-order valence-corrected chi connectivity index (χ4v) is 5.33. The van der Waals surface area contributed by atoms with Crippen molar-refractivity contribution < 1.29 is 23.5 Å². The van der Waals surface area contributed by atoms with E-state index in [0.717, 1.165) is 17.8 Å². The van der Waals surface area contributed by atoms with Crippen LogP contribution in [-0.4, -0.2) is 47.2 Å². The minimum Gasteiger partial charge on any atom is -0.497 e. The van der Waals surface area contributed by atoms with Gasteiger partial charge >= 0.3 is 6.03 Å². The molecule has 206 valence electrons. The van der Waals surface area contributed by atoms with Gasteiger partial charge < -0.3 is 24.7 Å². The van der Waals surface area contributed by atoms with Crippen LogP contribution in [0.3, 0.4) is 0 Å². The monoisotopic (exact) mass is 542 g/mol. The van der Waals surface area contributed by atoms with Gasteiger partial charge in [0.15, 0.2) is 11.1 Å². The molecular weight excluding hydrogens is 512 g/mol. The topological polar surface area (TPSA) is 138 Å². The number of pyridine rings is 1. The highest BCUT2D eigenvalue weighted by Gasteiger charge is 2.51. The number of ether oxygens (including phenoxy) is 1. The number of carbonyl (C=O) groups excluding carboxylic acids is 3. The van der Waals surface area contributed by atoms with Crippen molar-refractivity contribution in [2.45, 2.75) is 38.8 Å². The van der Waals surface area contributed by atoms with Crippen LogP contribution in [0.15, 0.2) is 58.1 Å². The van der Waals surface area contributed by atoms with E-state index in [-0.39, 0.29) is 24.6 Å². The molecule has 2 aliphatic heterocycles. The van der Waals surface area contributed by atoms with Crippen molar-refractivity contribution in [3.8, 4) is 5.75 Å². The van der Waals surface area contributed by atoms with Crippen molar-refractivity contribution in [3.05, 3.63) is 65.6 Å². The number of fused-ring (bicyclic) bond motifs is 2. The summed E-state index contributed by atoms with van der Waals surface area (Å²) in [7, 11) is 1.55. The maximum atomic E-state index is 13.2. The van der Waals surface area contributed by atoms with Crippen LogP contribution in [0.1, 0.15) is 48.4 Å². The van der Waals surface area contributed by atoms with E-state index in [1.165, 1.54) is 0 Å². The second-order valence-corrected chi connectivity index (χ2v) is 10.4. The lowest BCUT2D eigenvalue weighted by molar-refractivity contribution is -0.125. The number of urea groups is 1. The number of furan rings is 1.